The zero-order valence-corrected chi connectivity index (χ0v) is 13.0. The first-order valence-corrected chi connectivity index (χ1v) is 8.06. The maximum Gasteiger partial charge on any atom is 0.251 e. The van der Waals surface area contributed by atoms with Crippen LogP contribution in [0.3, 0.4) is 0 Å². The zero-order valence-electron chi connectivity index (χ0n) is 13.0. The first-order chi connectivity index (χ1) is 11.0. The van der Waals surface area contributed by atoms with Gasteiger partial charge in [-0.15, -0.1) is 0 Å². The molecule has 2 heterocycles. The smallest absolute Gasteiger partial charge is 0.251 e. The fourth-order valence-electron chi connectivity index (χ4n) is 3.24. The number of nitrogens with zero attached hydrogens (tertiary/aromatic N) is 2. The molecular formula is C17H21FN2O3. The second-order valence-electron chi connectivity index (χ2n) is 6.25. The molecule has 23 heavy (non-hydrogen) atoms. The number of fused-ring (bicyclic) bond motifs is 1. The van der Waals surface area contributed by atoms with Crippen molar-refractivity contribution >= 4 is 11.8 Å². The van der Waals surface area contributed by atoms with E-state index >= 15 is 0 Å². The molecule has 0 radical (unpaired) electrons. The van der Waals surface area contributed by atoms with Gasteiger partial charge in [-0.2, -0.15) is 0 Å². The Morgan fingerprint density at radius 3 is 2.91 bits per heavy atom. The molecule has 1 fully saturated rings. The number of aliphatic hydroxyl groups is 1. The molecule has 0 aromatic heterocycles. The van der Waals surface area contributed by atoms with Gasteiger partial charge in [0.05, 0.1) is 6.54 Å². The summed E-state index contributed by atoms with van der Waals surface area (Å²) in [5.74, 6) is -0.814. The summed E-state index contributed by atoms with van der Waals surface area (Å²) in [4.78, 5) is 27.6. The third-order valence-electron chi connectivity index (χ3n) is 4.61. The predicted molar refractivity (Wildman–Crippen MR) is 82.0 cm³/mol. The molecule has 1 aromatic carbocycles. The summed E-state index contributed by atoms with van der Waals surface area (Å²) in [6.45, 7) is 1.43. The van der Waals surface area contributed by atoms with Crippen molar-refractivity contribution in [3.05, 3.63) is 35.1 Å². The molecule has 1 unspecified atom stereocenters. The van der Waals surface area contributed by atoms with Crippen LogP contribution in [0.2, 0.25) is 0 Å². The van der Waals surface area contributed by atoms with Gasteiger partial charge < -0.3 is 14.9 Å². The van der Waals surface area contributed by atoms with Crippen LogP contribution in [0.1, 0.15) is 30.4 Å². The second-order valence-corrected chi connectivity index (χ2v) is 6.25. The van der Waals surface area contributed by atoms with Crippen molar-refractivity contribution in [2.24, 2.45) is 0 Å². The van der Waals surface area contributed by atoms with Crippen LogP contribution in [0.5, 0.6) is 0 Å². The Bertz CT molecular complexity index is 620. The van der Waals surface area contributed by atoms with Gasteiger partial charge in [0, 0.05) is 19.6 Å². The van der Waals surface area contributed by atoms with E-state index in [1.165, 1.54) is 17.0 Å². The summed E-state index contributed by atoms with van der Waals surface area (Å²) in [5.41, 5.74) is 1.89. The summed E-state index contributed by atoms with van der Waals surface area (Å²) < 4.78 is 13.4. The first kappa shape index (κ1) is 15.9. The Labute approximate surface area is 134 Å². The number of likely N-dealkylation sites (tertiary alicyclic amines) is 1. The lowest BCUT2D eigenvalue weighted by molar-refractivity contribution is -0.145. The molecule has 0 saturated carbocycles. The van der Waals surface area contributed by atoms with Gasteiger partial charge in [-0.25, -0.2) is 4.39 Å². The van der Waals surface area contributed by atoms with E-state index in [1.807, 2.05) is 0 Å². The Morgan fingerprint density at radius 2 is 2.09 bits per heavy atom. The predicted octanol–water partition coefficient (Wildman–Crippen LogP) is 1.08. The van der Waals surface area contributed by atoms with E-state index in [0.29, 0.717) is 32.5 Å². The number of hydrogen-bond acceptors (Lipinski definition) is 3. The van der Waals surface area contributed by atoms with Crippen molar-refractivity contribution in [1.82, 2.24) is 9.80 Å². The van der Waals surface area contributed by atoms with Crippen LogP contribution in [0.15, 0.2) is 18.2 Å². The number of amides is 2. The minimum atomic E-state index is -0.999. The van der Waals surface area contributed by atoms with Crippen molar-refractivity contribution in [3.63, 3.8) is 0 Å². The minimum Gasteiger partial charge on any atom is -0.383 e. The third-order valence-corrected chi connectivity index (χ3v) is 4.61. The highest BCUT2D eigenvalue weighted by molar-refractivity contribution is 5.87. The van der Waals surface area contributed by atoms with Crippen LogP contribution in [-0.4, -0.2) is 52.5 Å². The topological polar surface area (TPSA) is 60.9 Å². The van der Waals surface area contributed by atoms with Gasteiger partial charge >= 0.3 is 0 Å². The highest BCUT2D eigenvalue weighted by Crippen LogP contribution is 2.20. The molecule has 1 N–H and O–H groups in total. The zero-order chi connectivity index (χ0) is 16.4. The summed E-state index contributed by atoms with van der Waals surface area (Å²) in [7, 11) is 0. The van der Waals surface area contributed by atoms with Gasteiger partial charge in [0.15, 0.2) is 0 Å². The summed E-state index contributed by atoms with van der Waals surface area (Å²) in [5, 5.41) is 9.75. The summed E-state index contributed by atoms with van der Waals surface area (Å²) in [6, 6.07) is 4.67. The van der Waals surface area contributed by atoms with Crippen LogP contribution in [0.4, 0.5) is 4.39 Å². The lowest BCUT2D eigenvalue weighted by Gasteiger charge is -2.31. The molecule has 1 atom stereocenters. The Kier molecular flexibility index (Phi) is 4.61. The van der Waals surface area contributed by atoms with Crippen molar-refractivity contribution in [1.29, 1.82) is 0 Å². The van der Waals surface area contributed by atoms with Crippen LogP contribution in [0.25, 0.3) is 0 Å². The Balaban J connectivity index is 1.66. The summed E-state index contributed by atoms with van der Waals surface area (Å²) >= 11 is 0. The molecule has 1 saturated heterocycles. The van der Waals surface area contributed by atoms with Crippen LogP contribution in [0, 0.1) is 5.82 Å². The van der Waals surface area contributed by atoms with E-state index in [0.717, 1.165) is 24.0 Å². The van der Waals surface area contributed by atoms with Gasteiger partial charge in [0.1, 0.15) is 11.9 Å². The van der Waals surface area contributed by atoms with E-state index < -0.39 is 6.10 Å². The standard InChI is InChI=1S/C17H21FN2O3/c18-14-5-4-12-6-8-19(10-13(12)9-14)16(22)11-20-7-2-1-3-15(21)17(20)23/h4-5,9,15,21H,1-3,6-8,10-11H2. The number of benzene rings is 1. The monoisotopic (exact) mass is 320 g/mol. The normalized spacial score (nSPS) is 21.8. The van der Waals surface area contributed by atoms with Crippen molar-refractivity contribution in [3.8, 4) is 0 Å². The molecule has 0 aliphatic carbocycles. The molecule has 124 valence electrons. The van der Waals surface area contributed by atoms with Crippen LogP contribution in [-0.2, 0) is 22.6 Å². The Hall–Kier alpha value is -1.95. The van der Waals surface area contributed by atoms with Crippen LogP contribution < -0.4 is 0 Å². The van der Waals surface area contributed by atoms with Gasteiger partial charge in [-0.1, -0.05) is 6.07 Å². The number of halogens is 1. The molecule has 0 spiro atoms. The number of aliphatic hydroxyl groups excluding tert-OH is 1. The molecule has 2 amide bonds. The maximum absolute atomic E-state index is 13.4. The molecular weight excluding hydrogens is 299 g/mol. The molecule has 5 nitrogen and oxygen atoms in total. The van der Waals surface area contributed by atoms with Crippen LogP contribution >= 0.6 is 0 Å². The van der Waals surface area contributed by atoms with E-state index in [2.05, 4.69) is 0 Å². The number of carbonyl (C=O) groups is 2. The second kappa shape index (κ2) is 6.66. The number of hydrogen-bond donors (Lipinski definition) is 1. The maximum atomic E-state index is 13.4. The Morgan fingerprint density at radius 1 is 1.26 bits per heavy atom. The van der Waals surface area contributed by atoms with Gasteiger partial charge in [0.2, 0.25) is 5.91 Å². The number of rotatable bonds is 2. The van der Waals surface area contributed by atoms with Crippen molar-refractivity contribution < 1.29 is 19.1 Å². The lowest BCUT2D eigenvalue weighted by Crippen LogP contribution is -2.46. The molecule has 3 rings (SSSR count). The van der Waals surface area contributed by atoms with Gasteiger partial charge in [-0.3, -0.25) is 9.59 Å². The fourth-order valence-corrected chi connectivity index (χ4v) is 3.24. The quantitative estimate of drug-likeness (QED) is 0.887. The fraction of sp³-hybridized carbons (Fsp3) is 0.529. The SMILES string of the molecule is O=C(CN1CCCCC(O)C1=O)N1CCc2ccc(F)cc2C1. The van der Waals surface area contributed by atoms with E-state index in [1.54, 1.807) is 11.0 Å². The van der Waals surface area contributed by atoms with Gasteiger partial charge in [0.25, 0.3) is 5.91 Å². The molecule has 2 aliphatic heterocycles. The van der Waals surface area contributed by atoms with Gasteiger partial charge in [-0.05, 0) is 48.9 Å². The average Bonchev–Trinajstić information content (AvgIpc) is 2.69. The van der Waals surface area contributed by atoms with E-state index in [-0.39, 0.29) is 24.2 Å². The highest BCUT2D eigenvalue weighted by atomic mass is 19.1. The molecule has 0 bridgehead atoms. The van der Waals surface area contributed by atoms with Crippen molar-refractivity contribution in [2.45, 2.75) is 38.3 Å². The average molecular weight is 320 g/mol. The molecule has 2 aliphatic rings. The third kappa shape index (κ3) is 3.52. The van der Waals surface area contributed by atoms with E-state index in [9.17, 15) is 19.1 Å². The molecule has 1 aromatic rings. The van der Waals surface area contributed by atoms with Crippen molar-refractivity contribution in [2.75, 3.05) is 19.6 Å². The minimum absolute atomic E-state index is 0.0134. The lowest BCUT2D eigenvalue weighted by atomic mass is 9.99. The van der Waals surface area contributed by atoms with E-state index in [4.69, 9.17) is 0 Å². The number of carbonyl (C=O) groups excluding carboxylic acids is 2. The largest absolute Gasteiger partial charge is 0.383 e. The molecule has 6 heteroatoms. The highest BCUT2D eigenvalue weighted by Gasteiger charge is 2.29. The first-order valence-electron chi connectivity index (χ1n) is 8.06. The summed E-state index contributed by atoms with van der Waals surface area (Å²) in [6.07, 6.45) is 1.73.